The van der Waals surface area contributed by atoms with E-state index in [2.05, 4.69) is 11.1 Å². The van der Waals surface area contributed by atoms with Gasteiger partial charge in [-0.3, -0.25) is 4.79 Å². The molecule has 2 aliphatic rings. The molecule has 1 aromatic carbocycles. The van der Waals surface area contributed by atoms with E-state index in [1.165, 1.54) is 10.9 Å². The molecule has 2 saturated heterocycles. The number of para-hydroxylation sites is 1. The molecule has 3 heterocycles. The van der Waals surface area contributed by atoms with Crippen molar-refractivity contribution in [2.24, 2.45) is 5.92 Å². The molecule has 0 aliphatic carbocycles. The number of likely N-dealkylation sites (tertiary alicyclic amines) is 1. The predicted molar refractivity (Wildman–Crippen MR) is 87.6 cm³/mol. The van der Waals surface area contributed by atoms with Gasteiger partial charge in [-0.1, -0.05) is 12.1 Å². The number of amides is 1. The average Bonchev–Trinajstić information content (AvgIpc) is 3.21. The number of methoxy groups -OCH3 is 1. The summed E-state index contributed by atoms with van der Waals surface area (Å²) in [6.07, 6.45) is 4.90. The Hall–Kier alpha value is -2.01. The summed E-state index contributed by atoms with van der Waals surface area (Å²) in [5.74, 6) is 1.22. The first-order chi connectivity index (χ1) is 11.3. The van der Waals surface area contributed by atoms with Gasteiger partial charge in [-0.2, -0.15) is 0 Å². The Kier molecular flexibility index (Phi) is 3.73. The maximum absolute atomic E-state index is 12.5. The molecule has 2 fully saturated rings. The van der Waals surface area contributed by atoms with Gasteiger partial charge >= 0.3 is 0 Å². The normalized spacial score (nSPS) is 24.2. The Morgan fingerprint density at radius 2 is 2.30 bits per heavy atom. The number of nitrogens with one attached hydrogen (secondary N) is 1. The molecule has 1 N–H and O–H groups in total. The van der Waals surface area contributed by atoms with Gasteiger partial charge in [0.15, 0.2) is 0 Å². The van der Waals surface area contributed by atoms with E-state index in [0.717, 1.165) is 50.2 Å². The zero-order valence-corrected chi connectivity index (χ0v) is 13.4. The summed E-state index contributed by atoms with van der Waals surface area (Å²) in [4.78, 5) is 17.9. The van der Waals surface area contributed by atoms with Crippen LogP contribution in [0.15, 0.2) is 24.4 Å². The maximum atomic E-state index is 12.5. The van der Waals surface area contributed by atoms with Gasteiger partial charge < -0.3 is 19.4 Å². The third kappa shape index (κ3) is 2.49. The van der Waals surface area contributed by atoms with E-state index in [1.807, 2.05) is 23.2 Å². The van der Waals surface area contributed by atoms with Gasteiger partial charge in [0.2, 0.25) is 5.91 Å². The number of nitrogens with zero attached hydrogens (tertiary/aromatic N) is 1. The summed E-state index contributed by atoms with van der Waals surface area (Å²) in [5.41, 5.74) is 2.26. The fourth-order valence-electron chi connectivity index (χ4n) is 3.88. The number of rotatable bonds is 4. The number of H-pyrrole nitrogens is 1. The molecule has 5 heteroatoms. The first-order valence-corrected chi connectivity index (χ1v) is 8.31. The monoisotopic (exact) mass is 314 g/mol. The van der Waals surface area contributed by atoms with E-state index in [1.54, 1.807) is 7.11 Å². The van der Waals surface area contributed by atoms with Gasteiger partial charge in [-0.25, -0.2) is 0 Å². The van der Waals surface area contributed by atoms with Crippen LogP contribution < -0.4 is 4.74 Å². The van der Waals surface area contributed by atoms with E-state index >= 15 is 0 Å². The fraction of sp³-hybridized carbons (Fsp3) is 0.500. The molecule has 2 aromatic rings. The molecule has 2 aliphatic heterocycles. The quantitative estimate of drug-likeness (QED) is 0.942. The molecule has 5 nitrogen and oxygen atoms in total. The molecule has 0 saturated carbocycles. The molecule has 0 bridgehead atoms. The van der Waals surface area contributed by atoms with Crippen molar-refractivity contribution in [3.8, 4) is 5.75 Å². The summed E-state index contributed by atoms with van der Waals surface area (Å²) in [6, 6.07) is 6.06. The van der Waals surface area contributed by atoms with E-state index in [0.29, 0.717) is 0 Å². The first-order valence-electron chi connectivity index (χ1n) is 8.31. The Labute approximate surface area is 135 Å². The van der Waals surface area contributed by atoms with Crippen LogP contribution in [0.1, 0.15) is 18.4 Å². The van der Waals surface area contributed by atoms with Crippen LogP contribution in [0.3, 0.4) is 0 Å². The lowest BCUT2D eigenvalue weighted by Gasteiger charge is -2.33. The molecule has 1 aromatic heterocycles. The van der Waals surface area contributed by atoms with Crippen LogP contribution in [-0.2, 0) is 16.0 Å². The highest BCUT2D eigenvalue weighted by molar-refractivity contribution is 5.88. The number of aromatic nitrogens is 1. The zero-order valence-electron chi connectivity index (χ0n) is 13.4. The Morgan fingerprint density at radius 3 is 3.17 bits per heavy atom. The average molecular weight is 314 g/mol. The van der Waals surface area contributed by atoms with E-state index in [4.69, 9.17) is 9.47 Å². The molecule has 0 unspecified atom stereocenters. The summed E-state index contributed by atoms with van der Waals surface area (Å²) in [7, 11) is 1.68. The Bertz CT molecular complexity index is 724. The molecule has 1 amide bonds. The molecule has 122 valence electrons. The number of aromatic amines is 1. The number of piperidine rings is 1. The second-order valence-corrected chi connectivity index (χ2v) is 6.37. The lowest BCUT2D eigenvalue weighted by molar-refractivity contribution is -0.141. The van der Waals surface area contributed by atoms with Crippen molar-refractivity contribution in [1.82, 2.24) is 9.88 Å². The van der Waals surface area contributed by atoms with Gasteiger partial charge in [-0.15, -0.1) is 0 Å². The fourth-order valence-corrected chi connectivity index (χ4v) is 3.88. The van der Waals surface area contributed by atoms with Crippen LogP contribution in [-0.4, -0.2) is 48.7 Å². The third-order valence-electron chi connectivity index (χ3n) is 5.16. The van der Waals surface area contributed by atoms with E-state index < -0.39 is 0 Å². The van der Waals surface area contributed by atoms with Crippen molar-refractivity contribution >= 4 is 16.8 Å². The number of carbonyl (C=O) groups is 1. The number of hydrogen-bond donors (Lipinski definition) is 1. The van der Waals surface area contributed by atoms with Crippen LogP contribution >= 0.6 is 0 Å². The SMILES string of the molecule is COc1cccc2c(CCN3CC[C@@H]4OCC[C@@H]4C3=O)c[nH]c12. The first kappa shape index (κ1) is 14.6. The highest BCUT2D eigenvalue weighted by atomic mass is 16.5. The lowest BCUT2D eigenvalue weighted by Crippen LogP contribution is -2.46. The van der Waals surface area contributed by atoms with Crippen LogP contribution in [0.2, 0.25) is 0 Å². The van der Waals surface area contributed by atoms with Crippen molar-refractivity contribution in [2.45, 2.75) is 25.4 Å². The number of hydrogen-bond acceptors (Lipinski definition) is 3. The minimum Gasteiger partial charge on any atom is -0.495 e. The van der Waals surface area contributed by atoms with Gasteiger partial charge in [-0.05, 0) is 30.9 Å². The molecular weight excluding hydrogens is 292 g/mol. The highest BCUT2D eigenvalue weighted by Crippen LogP contribution is 2.31. The van der Waals surface area contributed by atoms with Gasteiger partial charge in [0.25, 0.3) is 0 Å². The number of fused-ring (bicyclic) bond motifs is 2. The van der Waals surface area contributed by atoms with Crippen LogP contribution in [0, 0.1) is 5.92 Å². The highest BCUT2D eigenvalue weighted by Gasteiger charge is 2.40. The summed E-state index contributed by atoms with van der Waals surface area (Å²) in [5, 5.41) is 1.18. The van der Waals surface area contributed by atoms with Crippen molar-refractivity contribution in [2.75, 3.05) is 26.8 Å². The zero-order chi connectivity index (χ0) is 15.8. The Balaban J connectivity index is 1.48. The number of carbonyl (C=O) groups excluding carboxylic acids is 1. The van der Waals surface area contributed by atoms with E-state index in [9.17, 15) is 4.79 Å². The molecule has 4 rings (SSSR count). The standard InChI is InChI=1S/C18H22N2O3/c1-22-16-4-2-3-13-12(11-19-17(13)16)5-8-20-9-6-15-14(18(20)21)7-10-23-15/h2-4,11,14-15,19H,5-10H2,1H3/t14-,15-/m0/s1. The minimum absolute atomic E-state index is 0.0896. The third-order valence-corrected chi connectivity index (χ3v) is 5.16. The van der Waals surface area contributed by atoms with Crippen molar-refractivity contribution in [3.05, 3.63) is 30.0 Å². The summed E-state index contributed by atoms with van der Waals surface area (Å²) >= 11 is 0. The van der Waals surface area contributed by atoms with Crippen LogP contribution in [0.4, 0.5) is 0 Å². The van der Waals surface area contributed by atoms with Gasteiger partial charge in [0, 0.05) is 31.3 Å². The lowest BCUT2D eigenvalue weighted by atomic mass is 9.93. The van der Waals surface area contributed by atoms with E-state index in [-0.39, 0.29) is 17.9 Å². The smallest absolute Gasteiger partial charge is 0.228 e. The van der Waals surface area contributed by atoms with Crippen LogP contribution in [0.5, 0.6) is 5.75 Å². The van der Waals surface area contributed by atoms with Crippen molar-refractivity contribution in [1.29, 1.82) is 0 Å². The molecule has 2 atom stereocenters. The summed E-state index contributed by atoms with van der Waals surface area (Å²) < 4.78 is 11.0. The number of ether oxygens (including phenoxy) is 2. The topological polar surface area (TPSA) is 54.6 Å². The minimum atomic E-state index is 0.0896. The molecule has 23 heavy (non-hydrogen) atoms. The number of benzene rings is 1. The molecular formula is C18H22N2O3. The summed E-state index contributed by atoms with van der Waals surface area (Å²) in [6.45, 7) is 2.31. The van der Waals surface area contributed by atoms with Gasteiger partial charge in [0.1, 0.15) is 5.75 Å². The van der Waals surface area contributed by atoms with Crippen molar-refractivity contribution in [3.63, 3.8) is 0 Å². The maximum Gasteiger partial charge on any atom is 0.228 e. The van der Waals surface area contributed by atoms with Gasteiger partial charge in [0.05, 0.1) is 24.6 Å². The molecule has 0 radical (unpaired) electrons. The Morgan fingerprint density at radius 1 is 1.39 bits per heavy atom. The second kappa shape index (κ2) is 5.89. The predicted octanol–water partition coefficient (Wildman–Crippen LogP) is 2.36. The van der Waals surface area contributed by atoms with Crippen molar-refractivity contribution < 1.29 is 14.3 Å². The van der Waals surface area contributed by atoms with Crippen LogP contribution in [0.25, 0.3) is 10.9 Å². The molecule has 0 spiro atoms. The second-order valence-electron chi connectivity index (χ2n) is 6.37. The largest absolute Gasteiger partial charge is 0.495 e.